The molecule has 0 aromatic heterocycles. The Morgan fingerprint density at radius 3 is 2.50 bits per heavy atom. The standard InChI is InChI=1S/C19H21F2N3O2/c1-24(13-15-7-8-16(20)11-17(15)21)10-9-18(25)23-19(26)22-12-14-5-3-2-4-6-14/h2-8,11H,9-10,12-13H2,1H3,(H2,22,23,25,26). The van der Waals surface area contributed by atoms with Gasteiger partial charge in [0.1, 0.15) is 11.6 Å². The third kappa shape index (κ3) is 6.60. The molecule has 0 aliphatic carbocycles. The molecule has 0 bridgehead atoms. The smallest absolute Gasteiger partial charge is 0.321 e. The quantitative estimate of drug-likeness (QED) is 0.797. The van der Waals surface area contributed by atoms with Crippen LogP contribution in [-0.2, 0) is 17.9 Å². The molecule has 0 aliphatic heterocycles. The first-order chi connectivity index (χ1) is 12.4. The molecular weight excluding hydrogens is 340 g/mol. The van der Waals surface area contributed by atoms with Gasteiger partial charge in [-0.3, -0.25) is 10.1 Å². The van der Waals surface area contributed by atoms with Crippen LogP contribution in [0.15, 0.2) is 48.5 Å². The van der Waals surface area contributed by atoms with E-state index in [0.717, 1.165) is 11.6 Å². The fourth-order valence-corrected chi connectivity index (χ4v) is 2.32. The lowest BCUT2D eigenvalue weighted by Crippen LogP contribution is -2.40. The van der Waals surface area contributed by atoms with Crippen LogP contribution >= 0.6 is 0 Å². The first-order valence-electron chi connectivity index (χ1n) is 8.18. The molecule has 0 unspecified atom stereocenters. The summed E-state index contributed by atoms with van der Waals surface area (Å²) in [5, 5.41) is 4.85. The zero-order valence-corrected chi connectivity index (χ0v) is 14.5. The fourth-order valence-electron chi connectivity index (χ4n) is 2.32. The third-order valence-corrected chi connectivity index (χ3v) is 3.72. The van der Waals surface area contributed by atoms with Gasteiger partial charge in [-0.1, -0.05) is 36.4 Å². The van der Waals surface area contributed by atoms with E-state index in [9.17, 15) is 18.4 Å². The second-order valence-corrected chi connectivity index (χ2v) is 5.94. The second kappa shape index (κ2) is 9.62. The molecule has 2 rings (SSSR count). The van der Waals surface area contributed by atoms with Crippen LogP contribution in [0, 0.1) is 11.6 Å². The highest BCUT2D eigenvalue weighted by Gasteiger charge is 2.11. The molecule has 0 fully saturated rings. The Morgan fingerprint density at radius 1 is 1.08 bits per heavy atom. The lowest BCUT2D eigenvalue weighted by molar-refractivity contribution is -0.120. The van der Waals surface area contributed by atoms with Crippen molar-refractivity contribution in [2.75, 3.05) is 13.6 Å². The molecule has 26 heavy (non-hydrogen) atoms. The van der Waals surface area contributed by atoms with E-state index in [4.69, 9.17) is 0 Å². The van der Waals surface area contributed by atoms with E-state index in [1.54, 1.807) is 11.9 Å². The average Bonchev–Trinajstić information content (AvgIpc) is 2.61. The number of amides is 3. The zero-order valence-electron chi connectivity index (χ0n) is 14.5. The number of nitrogens with one attached hydrogen (secondary N) is 2. The van der Waals surface area contributed by atoms with E-state index in [1.165, 1.54) is 12.1 Å². The van der Waals surface area contributed by atoms with Gasteiger partial charge in [-0.25, -0.2) is 13.6 Å². The Hall–Kier alpha value is -2.80. The molecule has 138 valence electrons. The van der Waals surface area contributed by atoms with Crippen molar-refractivity contribution in [1.29, 1.82) is 0 Å². The molecule has 2 aromatic rings. The van der Waals surface area contributed by atoms with E-state index >= 15 is 0 Å². The molecule has 0 saturated heterocycles. The van der Waals surface area contributed by atoms with E-state index in [2.05, 4.69) is 10.6 Å². The first-order valence-corrected chi connectivity index (χ1v) is 8.18. The summed E-state index contributed by atoms with van der Waals surface area (Å²) in [6.07, 6.45) is 0.0814. The van der Waals surface area contributed by atoms with Crippen molar-refractivity contribution in [2.45, 2.75) is 19.5 Å². The highest BCUT2D eigenvalue weighted by Crippen LogP contribution is 2.11. The molecular formula is C19H21F2N3O2. The molecule has 0 aliphatic rings. The van der Waals surface area contributed by atoms with Crippen molar-refractivity contribution in [1.82, 2.24) is 15.5 Å². The fraction of sp³-hybridized carbons (Fsp3) is 0.263. The topological polar surface area (TPSA) is 61.4 Å². The SMILES string of the molecule is CN(CCC(=O)NC(=O)NCc1ccccc1)Cc1ccc(F)cc1F. The summed E-state index contributed by atoms with van der Waals surface area (Å²) in [5.74, 6) is -1.68. The maximum Gasteiger partial charge on any atom is 0.321 e. The van der Waals surface area contributed by atoms with Crippen LogP contribution in [0.25, 0.3) is 0 Å². The molecule has 0 heterocycles. The van der Waals surface area contributed by atoms with Crippen LogP contribution in [-0.4, -0.2) is 30.4 Å². The number of hydrogen-bond acceptors (Lipinski definition) is 3. The Balaban J connectivity index is 1.69. The number of nitrogens with zero attached hydrogens (tertiary/aromatic N) is 1. The van der Waals surface area contributed by atoms with Gasteiger partial charge >= 0.3 is 6.03 Å². The predicted molar refractivity (Wildman–Crippen MR) is 94.1 cm³/mol. The van der Waals surface area contributed by atoms with Crippen molar-refractivity contribution in [3.63, 3.8) is 0 Å². The van der Waals surface area contributed by atoms with Crippen molar-refractivity contribution < 1.29 is 18.4 Å². The summed E-state index contributed by atoms with van der Waals surface area (Å²) < 4.78 is 26.5. The molecule has 0 radical (unpaired) electrons. The number of halogens is 2. The van der Waals surface area contributed by atoms with Crippen molar-refractivity contribution >= 4 is 11.9 Å². The third-order valence-electron chi connectivity index (χ3n) is 3.72. The number of hydrogen-bond donors (Lipinski definition) is 2. The van der Waals surface area contributed by atoms with Gasteiger partial charge in [0.05, 0.1) is 0 Å². The van der Waals surface area contributed by atoms with Crippen LogP contribution in [0.5, 0.6) is 0 Å². The van der Waals surface area contributed by atoms with E-state index in [1.807, 2.05) is 30.3 Å². The van der Waals surface area contributed by atoms with Crippen LogP contribution in [0.2, 0.25) is 0 Å². The van der Waals surface area contributed by atoms with Gasteiger partial charge in [0.25, 0.3) is 0 Å². The molecule has 0 saturated carbocycles. The molecule has 5 nitrogen and oxygen atoms in total. The van der Waals surface area contributed by atoms with E-state index in [-0.39, 0.29) is 13.0 Å². The van der Waals surface area contributed by atoms with Crippen molar-refractivity contribution in [3.8, 4) is 0 Å². The number of carbonyl (C=O) groups is 2. The van der Waals surface area contributed by atoms with Gasteiger partial charge in [-0.15, -0.1) is 0 Å². The highest BCUT2D eigenvalue weighted by atomic mass is 19.1. The van der Waals surface area contributed by atoms with Gasteiger partial charge in [0.2, 0.25) is 5.91 Å². The lowest BCUT2D eigenvalue weighted by atomic mass is 10.2. The van der Waals surface area contributed by atoms with Gasteiger partial charge in [-0.2, -0.15) is 0 Å². The minimum Gasteiger partial charge on any atom is -0.334 e. The first kappa shape index (κ1) is 19.5. The summed E-state index contributed by atoms with van der Waals surface area (Å²) in [4.78, 5) is 25.2. The number of rotatable bonds is 7. The molecule has 0 atom stereocenters. The Kier molecular flexibility index (Phi) is 7.23. The number of carbonyl (C=O) groups excluding carboxylic acids is 2. The maximum absolute atomic E-state index is 13.6. The zero-order chi connectivity index (χ0) is 18.9. The molecule has 7 heteroatoms. The summed E-state index contributed by atoms with van der Waals surface area (Å²) in [7, 11) is 1.71. The molecule has 2 aromatic carbocycles. The Morgan fingerprint density at radius 2 is 1.81 bits per heavy atom. The normalized spacial score (nSPS) is 10.6. The van der Waals surface area contributed by atoms with Crippen LogP contribution in [0.1, 0.15) is 17.5 Å². The van der Waals surface area contributed by atoms with Crippen molar-refractivity contribution in [2.24, 2.45) is 0 Å². The Labute approximate surface area is 151 Å². The Bertz CT molecular complexity index is 754. The van der Waals surface area contributed by atoms with Gasteiger partial charge < -0.3 is 10.2 Å². The summed E-state index contributed by atoms with van der Waals surface area (Å²) >= 11 is 0. The monoisotopic (exact) mass is 361 g/mol. The minimum atomic E-state index is -0.630. The summed E-state index contributed by atoms with van der Waals surface area (Å²) in [6, 6.07) is 12.2. The van der Waals surface area contributed by atoms with Crippen molar-refractivity contribution in [3.05, 3.63) is 71.3 Å². The molecule has 2 N–H and O–H groups in total. The number of urea groups is 1. The lowest BCUT2D eigenvalue weighted by Gasteiger charge is -2.16. The van der Waals surface area contributed by atoms with E-state index < -0.39 is 23.6 Å². The molecule has 3 amide bonds. The number of benzene rings is 2. The molecule has 0 spiro atoms. The van der Waals surface area contributed by atoms with E-state index in [0.29, 0.717) is 18.7 Å². The maximum atomic E-state index is 13.6. The van der Waals surface area contributed by atoms with Crippen LogP contribution in [0.3, 0.4) is 0 Å². The largest absolute Gasteiger partial charge is 0.334 e. The van der Waals surface area contributed by atoms with Gasteiger partial charge in [0.15, 0.2) is 0 Å². The minimum absolute atomic E-state index is 0.0814. The average molecular weight is 361 g/mol. The highest BCUT2D eigenvalue weighted by molar-refractivity contribution is 5.94. The number of imide groups is 1. The second-order valence-electron chi connectivity index (χ2n) is 5.94. The summed E-state index contributed by atoms with van der Waals surface area (Å²) in [6.45, 7) is 0.887. The predicted octanol–water partition coefficient (Wildman–Crippen LogP) is 2.81. The van der Waals surface area contributed by atoms with Gasteiger partial charge in [-0.05, 0) is 18.7 Å². The van der Waals surface area contributed by atoms with Crippen LogP contribution < -0.4 is 10.6 Å². The van der Waals surface area contributed by atoms with Crippen LogP contribution in [0.4, 0.5) is 13.6 Å². The summed E-state index contributed by atoms with van der Waals surface area (Å²) in [5.41, 5.74) is 1.27. The van der Waals surface area contributed by atoms with Gasteiger partial charge in [0, 0.05) is 37.7 Å².